The number of carboxylic acid groups (broad SMARTS) is 1. The van der Waals surface area contributed by atoms with Gasteiger partial charge in [0.25, 0.3) is 0 Å². The van der Waals surface area contributed by atoms with Gasteiger partial charge in [0.1, 0.15) is 35.9 Å². The van der Waals surface area contributed by atoms with Gasteiger partial charge in [-0.1, -0.05) is 30.3 Å². The van der Waals surface area contributed by atoms with Crippen molar-refractivity contribution in [1.29, 1.82) is 0 Å². The first kappa shape index (κ1) is 22.0. The van der Waals surface area contributed by atoms with Crippen molar-refractivity contribution in [3.8, 4) is 22.6 Å². The smallest absolute Gasteiger partial charge is 0.341 e. The number of benzene rings is 2. The zero-order valence-electron chi connectivity index (χ0n) is 16.2. The summed E-state index contributed by atoms with van der Waals surface area (Å²) in [5.41, 5.74) is 2.01. The fourth-order valence-corrected chi connectivity index (χ4v) is 3.28. The highest BCUT2D eigenvalue weighted by Gasteiger charge is 2.44. The SMILES string of the molecule is Cc1c(OCC(=O)O)cccc1-c1ccccc1OC1OC(CO)C(O)C(O)C1O. The molecule has 5 unspecified atom stereocenters. The second-order valence-electron chi connectivity index (χ2n) is 6.92. The fourth-order valence-electron chi connectivity index (χ4n) is 3.28. The summed E-state index contributed by atoms with van der Waals surface area (Å²) >= 11 is 0. The van der Waals surface area contributed by atoms with Gasteiger partial charge in [0.2, 0.25) is 6.29 Å². The van der Waals surface area contributed by atoms with Gasteiger partial charge in [-0.15, -0.1) is 0 Å². The van der Waals surface area contributed by atoms with E-state index in [0.717, 1.165) is 0 Å². The predicted octanol–water partition coefficient (Wildman–Crippen LogP) is 0.304. The van der Waals surface area contributed by atoms with Crippen LogP contribution in [0.25, 0.3) is 11.1 Å². The lowest BCUT2D eigenvalue weighted by atomic mass is 9.98. The maximum atomic E-state index is 10.8. The lowest BCUT2D eigenvalue weighted by Gasteiger charge is -2.39. The summed E-state index contributed by atoms with van der Waals surface area (Å²) in [5, 5.41) is 48.3. The minimum Gasteiger partial charge on any atom is -0.482 e. The second-order valence-corrected chi connectivity index (χ2v) is 6.92. The topological polar surface area (TPSA) is 146 Å². The highest BCUT2D eigenvalue weighted by Crippen LogP contribution is 2.37. The predicted molar refractivity (Wildman–Crippen MR) is 104 cm³/mol. The molecule has 3 rings (SSSR count). The third-order valence-electron chi connectivity index (χ3n) is 4.90. The minimum absolute atomic E-state index is 0.320. The van der Waals surface area contributed by atoms with Gasteiger partial charge in [-0.05, 0) is 30.2 Å². The summed E-state index contributed by atoms with van der Waals surface area (Å²) in [4.78, 5) is 10.8. The van der Waals surface area contributed by atoms with Crippen LogP contribution in [0.2, 0.25) is 0 Å². The summed E-state index contributed by atoms with van der Waals surface area (Å²) in [6.45, 7) is 0.735. The highest BCUT2D eigenvalue weighted by atomic mass is 16.7. The number of hydrogen-bond donors (Lipinski definition) is 5. The lowest BCUT2D eigenvalue weighted by molar-refractivity contribution is -0.277. The van der Waals surface area contributed by atoms with E-state index in [1.807, 2.05) is 0 Å². The molecule has 5 N–H and O–H groups in total. The van der Waals surface area contributed by atoms with Crippen LogP contribution in [0.1, 0.15) is 5.56 Å². The monoisotopic (exact) mass is 420 g/mol. The first-order valence-electron chi connectivity index (χ1n) is 9.34. The molecule has 162 valence electrons. The van der Waals surface area contributed by atoms with Crippen molar-refractivity contribution in [2.45, 2.75) is 37.6 Å². The van der Waals surface area contributed by atoms with Crippen LogP contribution in [-0.4, -0.2) is 75.4 Å². The maximum absolute atomic E-state index is 10.8. The van der Waals surface area contributed by atoms with Crippen LogP contribution in [-0.2, 0) is 9.53 Å². The van der Waals surface area contributed by atoms with Crippen LogP contribution in [0.3, 0.4) is 0 Å². The number of para-hydroxylation sites is 1. The Morgan fingerprint density at radius 1 is 0.967 bits per heavy atom. The van der Waals surface area contributed by atoms with Crippen molar-refractivity contribution >= 4 is 5.97 Å². The quantitative estimate of drug-likeness (QED) is 0.427. The third kappa shape index (κ3) is 4.55. The van der Waals surface area contributed by atoms with Crippen LogP contribution in [0.15, 0.2) is 42.5 Å². The van der Waals surface area contributed by atoms with Crippen LogP contribution in [0.4, 0.5) is 0 Å². The molecule has 1 saturated heterocycles. The molecule has 9 nitrogen and oxygen atoms in total. The van der Waals surface area contributed by atoms with Crippen LogP contribution < -0.4 is 9.47 Å². The number of carbonyl (C=O) groups is 1. The maximum Gasteiger partial charge on any atom is 0.341 e. The van der Waals surface area contributed by atoms with E-state index < -0.39 is 49.9 Å². The first-order chi connectivity index (χ1) is 14.3. The van der Waals surface area contributed by atoms with Crippen LogP contribution in [0.5, 0.6) is 11.5 Å². The normalized spacial score (nSPS) is 26.2. The Morgan fingerprint density at radius 2 is 1.63 bits per heavy atom. The molecule has 0 bridgehead atoms. The van der Waals surface area contributed by atoms with Crippen LogP contribution >= 0.6 is 0 Å². The highest BCUT2D eigenvalue weighted by molar-refractivity contribution is 5.75. The molecule has 2 aromatic carbocycles. The van der Waals surface area contributed by atoms with E-state index in [9.17, 15) is 25.2 Å². The molecule has 2 aromatic rings. The Morgan fingerprint density at radius 3 is 2.33 bits per heavy atom. The van der Waals surface area contributed by atoms with E-state index in [1.54, 1.807) is 49.4 Å². The first-order valence-corrected chi connectivity index (χ1v) is 9.34. The number of aliphatic carboxylic acids is 1. The average Bonchev–Trinajstić information content (AvgIpc) is 2.74. The largest absolute Gasteiger partial charge is 0.482 e. The molecule has 0 aliphatic carbocycles. The molecule has 1 aliphatic heterocycles. The molecule has 1 heterocycles. The standard InChI is InChI=1S/C21H24O9/c1-11-12(6-4-8-14(11)28-10-17(23)24)13-5-2-3-7-15(13)29-21-20(27)19(26)18(25)16(9-22)30-21/h2-8,16,18-22,25-27H,9-10H2,1H3,(H,23,24). The molecular weight excluding hydrogens is 396 g/mol. The third-order valence-corrected chi connectivity index (χ3v) is 4.90. The van der Waals surface area contributed by atoms with E-state index in [2.05, 4.69) is 0 Å². The number of aliphatic hydroxyl groups excluding tert-OH is 4. The van der Waals surface area contributed by atoms with Crippen molar-refractivity contribution in [1.82, 2.24) is 0 Å². The molecule has 0 saturated carbocycles. The molecule has 5 atom stereocenters. The summed E-state index contributed by atoms with van der Waals surface area (Å²) in [6.07, 6.45) is -6.99. The molecular formula is C21H24O9. The Hall–Kier alpha value is -2.69. The minimum atomic E-state index is -1.55. The zero-order valence-corrected chi connectivity index (χ0v) is 16.2. The van der Waals surface area contributed by atoms with Gasteiger partial charge in [0.05, 0.1) is 6.61 Å². The van der Waals surface area contributed by atoms with Crippen molar-refractivity contribution in [3.63, 3.8) is 0 Å². The number of carboxylic acids is 1. The summed E-state index contributed by atoms with van der Waals surface area (Å²) in [7, 11) is 0. The van der Waals surface area contributed by atoms with E-state index in [1.165, 1.54) is 0 Å². The molecule has 0 radical (unpaired) electrons. The summed E-state index contributed by atoms with van der Waals surface area (Å²) in [5.74, 6) is -0.371. The number of rotatable bonds is 7. The lowest BCUT2D eigenvalue weighted by Crippen LogP contribution is -2.60. The van der Waals surface area contributed by atoms with Gasteiger partial charge < -0.3 is 39.7 Å². The molecule has 0 spiro atoms. The number of ether oxygens (including phenoxy) is 3. The van der Waals surface area contributed by atoms with Crippen molar-refractivity contribution in [3.05, 3.63) is 48.0 Å². The molecule has 30 heavy (non-hydrogen) atoms. The molecule has 1 fully saturated rings. The average molecular weight is 420 g/mol. The Bertz CT molecular complexity index is 883. The number of hydrogen-bond acceptors (Lipinski definition) is 8. The van der Waals surface area contributed by atoms with Gasteiger partial charge in [-0.3, -0.25) is 0 Å². The van der Waals surface area contributed by atoms with E-state index in [-0.39, 0.29) is 0 Å². The molecule has 9 heteroatoms. The molecule has 0 amide bonds. The number of aliphatic hydroxyl groups is 4. The van der Waals surface area contributed by atoms with Crippen molar-refractivity contribution in [2.75, 3.05) is 13.2 Å². The Kier molecular flexibility index (Phi) is 6.91. The van der Waals surface area contributed by atoms with Crippen molar-refractivity contribution < 1.29 is 44.5 Å². The summed E-state index contributed by atoms with van der Waals surface area (Å²) < 4.78 is 16.6. The molecule has 1 aliphatic rings. The summed E-state index contributed by atoms with van der Waals surface area (Å²) in [6, 6.07) is 12.1. The Balaban J connectivity index is 1.90. The van der Waals surface area contributed by atoms with E-state index in [4.69, 9.17) is 19.3 Å². The van der Waals surface area contributed by atoms with Crippen molar-refractivity contribution in [2.24, 2.45) is 0 Å². The van der Waals surface area contributed by atoms with Crippen LogP contribution in [0, 0.1) is 6.92 Å². The van der Waals surface area contributed by atoms with Gasteiger partial charge in [-0.2, -0.15) is 0 Å². The zero-order chi connectivity index (χ0) is 21.8. The van der Waals surface area contributed by atoms with Gasteiger partial charge in [0, 0.05) is 5.56 Å². The van der Waals surface area contributed by atoms with Gasteiger partial charge >= 0.3 is 5.97 Å². The second kappa shape index (κ2) is 9.41. The molecule has 0 aromatic heterocycles. The Labute approximate surface area is 172 Å². The van der Waals surface area contributed by atoms with Gasteiger partial charge in [-0.25, -0.2) is 4.79 Å². The van der Waals surface area contributed by atoms with Gasteiger partial charge in [0.15, 0.2) is 6.61 Å². The van der Waals surface area contributed by atoms with E-state index in [0.29, 0.717) is 28.2 Å². The fraction of sp³-hybridized carbons (Fsp3) is 0.381. The van der Waals surface area contributed by atoms with E-state index >= 15 is 0 Å².